The van der Waals surface area contributed by atoms with Gasteiger partial charge in [-0.3, -0.25) is 4.79 Å². The first-order chi connectivity index (χ1) is 11.2. The van der Waals surface area contributed by atoms with Gasteiger partial charge in [0.15, 0.2) is 0 Å². The molecule has 0 unspecified atom stereocenters. The molecule has 1 heterocycles. The van der Waals surface area contributed by atoms with Crippen molar-refractivity contribution in [2.45, 2.75) is 39.5 Å². The van der Waals surface area contributed by atoms with Crippen LogP contribution in [-0.2, 0) is 11.2 Å². The van der Waals surface area contributed by atoms with E-state index < -0.39 is 0 Å². The van der Waals surface area contributed by atoms with E-state index in [2.05, 4.69) is 22.5 Å². The van der Waals surface area contributed by atoms with Crippen molar-refractivity contribution in [1.82, 2.24) is 4.98 Å². The molecule has 0 atom stereocenters. The van der Waals surface area contributed by atoms with E-state index in [1.54, 1.807) is 6.20 Å². The molecule has 2 aromatic rings. The Hall–Kier alpha value is -2.36. The van der Waals surface area contributed by atoms with Crippen molar-refractivity contribution >= 4 is 17.4 Å². The number of nitrogens with zero attached hydrogens (tertiary/aromatic N) is 1. The highest BCUT2D eigenvalue weighted by atomic mass is 16.1. The van der Waals surface area contributed by atoms with Gasteiger partial charge in [-0.1, -0.05) is 49.6 Å². The number of rotatable bonds is 8. The molecule has 1 aromatic carbocycles. The molecular weight excluding hydrogens is 286 g/mol. The zero-order chi connectivity index (χ0) is 16.5. The van der Waals surface area contributed by atoms with Gasteiger partial charge in [0.05, 0.1) is 18.3 Å². The Labute approximate surface area is 138 Å². The van der Waals surface area contributed by atoms with Gasteiger partial charge in [-0.15, -0.1) is 0 Å². The topological polar surface area (TPSA) is 54.0 Å². The molecule has 23 heavy (non-hydrogen) atoms. The third-order valence-electron chi connectivity index (χ3n) is 3.62. The number of carbonyl (C=O) groups is 1. The van der Waals surface area contributed by atoms with Gasteiger partial charge in [-0.05, 0) is 31.0 Å². The number of carbonyl (C=O) groups excluding carboxylic acids is 1. The van der Waals surface area contributed by atoms with Crippen LogP contribution in [0, 0.1) is 6.92 Å². The summed E-state index contributed by atoms with van der Waals surface area (Å²) in [5.41, 5.74) is 2.93. The molecule has 122 valence electrons. The van der Waals surface area contributed by atoms with E-state index in [4.69, 9.17) is 0 Å². The molecular formula is C19H25N3O. The van der Waals surface area contributed by atoms with Gasteiger partial charge in [0.25, 0.3) is 0 Å². The first-order valence-electron chi connectivity index (χ1n) is 8.22. The fourth-order valence-corrected chi connectivity index (χ4v) is 2.26. The molecule has 0 aliphatic carbocycles. The summed E-state index contributed by atoms with van der Waals surface area (Å²) in [6.07, 6.45) is 5.64. The highest BCUT2D eigenvalue weighted by Gasteiger charge is 2.04. The number of unbranched alkanes of at least 4 members (excludes halogenated alkanes) is 2. The summed E-state index contributed by atoms with van der Waals surface area (Å²) in [7, 11) is 0. The van der Waals surface area contributed by atoms with E-state index >= 15 is 0 Å². The molecule has 0 saturated heterocycles. The standard InChI is InChI=1S/C19H25N3O/c1-3-4-5-12-20-18-11-10-17(14-21-18)22-19(23)13-16-8-6-15(2)7-9-16/h6-11,14H,3-5,12-13H2,1-2H3,(H,20,21)(H,22,23). The lowest BCUT2D eigenvalue weighted by atomic mass is 10.1. The van der Waals surface area contributed by atoms with Gasteiger partial charge in [0, 0.05) is 6.54 Å². The van der Waals surface area contributed by atoms with Crippen molar-refractivity contribution in [2.24, 2.45) is 0 Å². The minimum absolute atomic E-state index is 0.0284. The summed E-state index contributed by atoms with van der Waals surface area (Å²) in [5.74, 6) is 0.817. The minimum atomic E-state index is -0.0284. The summed E-state index contributed by atoms with van der Waals surface area (Å²) >= 11 is 0. The van der Waals surface area contributed by atoms with Crippen molar-refractivity contribution in [3.05, 3.63) is 53.7 Å². The maximum atomic E-state index is 12.0. The first kappa shape index (κ1) is 17.0. The Bertz CT molecular complexity index is 606. The van der Waals surface area contributed by atoms with Gasteiger partial charge in [0.2, 0.25) is 5.91 Å². The Morgan fingerprint density at radius 3 is 2.52 bits per heavy atom. The number of benzene rings is 1. The van der Waals surface area contributed by atoms with Gasteiger partial charge in [-0.25, -0.2) is 4.98 Å². The van der Waals surface area contributed by atoms with E-state index in [9.17, 15) is 4.79 Å². The average Bonchev–Trinajstić information content (AvgIpc) is 2.55. The van der Waals surface area contributed by atoms with E-state index in [1.807, 2.05) is 43.3 Å². The number of hydrogen-bond acceptors (Lipinski definition) is 3. The molecule has 1 aromatic heterocycles. The van der Waals surface area contributed by atoms with Crippen molar-refractivity contribution < 1.29 is 4.79 Å². The van der Waals surface area contributed by atoms with Gasteiger partial charge < -0.3 is 10.6 Å². The Kier molecular flexibility index (Phi) is 6.60. The predicted octanol–water partition coefficient (Wildman–Crippen LogP) is 4.17. The molecule has 4 nitrogen and oxygen atoms in total. The molecule has 0 fully saturated rings. The van der Waals surface area contributed by atoms with Crippen molar-refractivity contribution in [2.75, 3.05) is 17.2 Å². The second-order valence-corrected chi connectivity index (χ2v) is 5.78. The summed E-state index contributed by atoms with van der Waals surface area (Å²) in [4.78, 5) is 16.4. The molecule has 2 N–H and O–H groups in total. The predicted molar refractivity (Wildman–Crippen MR) is 95.8 cm³/mol. The van der Waals surface area contributed by atoms with Crippen molar-refractivity contribution in [1.29, 1.82) is 0 Å². The number of aryl methyl sites for hydroxylation is 1. The first-order valence-corrected chi connectivity index (χ1v) is 8.22. The van der Waals surface area contributed by atoms with Crippen LogP contribution in [0.1, 0.15) is 37.3 Å². The van der Waals surface area contributed by atoms with Crippen molar-refractivity contribution in [3.8, 4) is 0 Å². The SMILES string of the molecule is CCCCCNc1ccc(NC(=O)Cc2ccc(C)cc2)cn1. The fourth-order valence-electron chi connectivity index (χ4n) is 2.26. The fraction of sp³-hybridized carbons (Fsp3) is 0.368. The van der Waals surface area contributed by atoms with Crippen LogP contribution < -0.4 is 10.6 Å². The molecule has 1 amide bonds. The second-order valence-electron chi connectivity index (χ2n) is 5.78. The van der Waals surface area contributed by atoms with Crippen LogP contribution in [0.4, 0.5) is 11.5 Å². The summed E-state index contributed by atoms with van der Waals surface area (Å²) < 4.78 is 0. The van der Waals surface area contributed by atoms with Crippen LogP contribution >= 0.6 is 0 Å². The highest BCUT2D eigenvalue weighted by molar-refractivity contribution is 5.92. The molecule has 2 rings (SSSR count). The number of pyridine rings is 1. The maximum absolute atomic E-state index is 12.0. The third kappa shape index (κ3) is 6.10. The Morgan fingerprint density at radius 1 is 1.09 bits per heavy atom. The van der Waals surface area contributed by atoms with Crippen LogP contribution in [-0.4, -0.2) is 17.4 Å². The molecule has 0 saturated carbocycles. The van der Waals surface area contributed by atoms with Crippen LogP contribution in [0.25, 0.3) is 0 Å². The lowest BCUT2D eigenvalue weighted by Crippen LogP contribution is -2.14. The molecule has 0 bridgehead atoms. The highest BCUT2D eigenvalue weighted by Crippen LogP contribution is 2.11. The maximum Gasteiger partial charge on any atom is 0.228 e. The molecule has 0 aliphatic rings. The molecule has 4 heteroatoms. The Morgan fingerprint density at radius 2 is 1.87 bits per heavy atom. The summed E-state index contributed by atoms with van der Waals surface area (Å²) in [5, 5.41) is 6.16. The van der Waals surface area contributed by atoms with Crippen LogP contribution in [0.2, 0.25) is 0 Å². The number of hydrogen-bond donors (Lipinski definition) is 2. The zero-order valence-electron chi connectivity index (χ0n) is 13.9. The van der Waals surface area contributed by atoms with Crippen LogP contribution in [0.3, 0.4) is 0 Å². The molecule has 0 radical (unpaired) electrons. The number of amides is 1. The molecule has 0 spiro atoms. The summed E-state index contributed by atoms with van der Waals surface area (Å²) in [6.45, 7) is 5.15. The monoisotopic (exact) mass is 311 g/mol. The van der Waals surface area contributed by atoms with Crippen molar-refractivity contribution in [3.63, 3.8) is 0 Å². The number of nitrogens with one attached hydrogen (secondary N) is 2. The number of anilines is 2. The quantitative estimate of drug-likeness (QED) is 0.719. The van der Waals surface area contributed by atoms with Gasteiger partial charge in [-0.2, -0.15) is 0 Å². The van der Waals surface area contributed by atoms with Gasteiger partial charge >= 0.3 is 0 Å². The van der Waals surface area contributed by atoms with E-state index in [-0.39, 0.29) is 5.91 Å². The average molecular weight is 311 g/mol. The smallest absolute Gasteiger partial charge is 0.228 e. The summed E-state index contributed by atoms with van der Waals surface area (Å²) in [6, 6.07) is 11.8. The van der Waals surface area contributed by atoms with E-state index in [0.717, 1.165) is 30.0 Å². The van der Waals surface area contributed by atoms with Crippen LogP contribution in [0.15, 0.2) is 42.6 Å². The Balaban J connectivity index is 1.80. The lowest BCUT2D eigenvalue weighted by Gasteiger charge is -2.08. The normalized spacial score (nSPS) is 10.3. The van der Waals surface area contributed by atoms with Gasteiger partial charge in [0.1, 0.15) is 5.82 Å². The molecule has 0 aliphatic heterocycles. The minimum Gasteiger partial charge on any atom is -0.370 e. The second kappa shape index (κ2) is 8.93. The third-order valence-corrected chi connectivity index (χ3v) is 3.62. The lowest BCUT2D eigenvalue weighted by molar-refractivity contribution is -0.115. The van der Waals surface area contributed by atoms with E-state index in [1.165, 1.54) is 18.4 Å². The largest absolute Gasteiger partial charge is 0.370 e. The number of aromatic nitrogens is 1. The van der Waals surface area contributed by atoms with Crippen LogP contribution in [0.5, 0.6) is 0 Å². The zero-order valence-corrected chi connectivity index (χ0v) is 13.9. The van der Waals surface area contributed by atoms with E-state index in [0.29, 0.717) is 6.42 Å².